The second kappa shape index (κ2) is 14.5. The predicted molar refractivity (Wildman–Crippen MR) is 178 cm³/mol. The molecule has 0 aliphatic carbocycles. The lowest BCUT2D eigenvalue weighted by molar-refractivity contribution is -0.118. The molecule has 0 bridgehead atoms. The molecule has 0 saturated heterocycles. The standard InChI is InChI=1S/C33H28BrN5O4S/c1-21-3-10-26(11-4-21)37-33-38-29(20-44-33)23-6-8-24(9-7-23)32(41)39-35-18-22-5-16-30(28(34)17-22)43-19-31(40)36-25-12-14-27(42-2)15-13-25/h3-18,20H,19H2,1-2H3,(H,36,40)(H,37,38)(H,39,41)/b35-18+. The average Bonchev–Trinajstić information content (AvgIpc) is 3.50. The number of hydrogen-bond acceptors (Lipinski definition) is 8. The van der Waals surface area contributed by atoms with Gasteiger partial charge < -0.3 is 20.1 Å². The third-order valence-electron chi connectivity index (χ3n) is 6.32. The van der Waals surface area contributed by atoms with Gasteiger partial charge in [-0.3, -0.25) is 9.59 Å². The maximum Gasteiger partial charge on any atom is 0.271 e. The molecular formula is C33H28BrN5O4S. The van der Waals surface area contributed by atoms with Gasteiger partial charge in [0, 0.05) is 27.9 Å². The van der Waals surface area contributed by atoms with E-state index < -0.39 is 0 Å². The van der Waals surface area contributed by atoms with Gasteiger partial charge in [0.25, 0.3) is 11.8 Å². The Bertz CT molecular complexity index is 1770. The lowest BCUT2D eigenvalue weighted by Gasteiger charge is -2.10. The van der Waals surface area contributed by atoms with Gasteiger partial charge in [0.05, 0.1) is 23.5 Å². The Morgan fingerprint density at radius 1 is 0.955 bits per heavy atom. The van der Waals surface area contributed by atoms with Gasteiger partial charge in [-0.2, -0.15) is 5.10 Å². The van der Waals surface area contributed by atoms with Gasteiger partial charge in [0.15, 0.2) is 11.7 Å². The Hall–Kier alpha value is -5.00. The van der Waals surface area contributed by atoms with Crippen molar-refractivity contribution < 1.29 is 19.1 Å². The van der Waals surface area contributed by atoms with Gasteiger partial charge in [0.2, 0.25) is 0 Å². The first-order valence-corrected chi connectivity index (χ1v) is 15.1. The fourth-order valence-corrected chi connectivity index (χ4v) is 5.23. The minimum Gasteiger partial charge on any atom is -0.497 e. The summed E-state index contributed by atoms with van der Waals surface area (Å²) in [5.74, 6) is 0.563. The third-order valence-corrected chi connectivity index (χ3v) is 7.70. The van der Waals surface area contributed by atoms with E-state index >= 15 is 0 Å². The first-order valence-electron chi connectivity index (χ1n) is 13.5. The van der Waals surface area contributed by atoms with Crippen molar-refractivity contribution >= 4 is 61.8 Å². The van der Waals surface area contributed by atoms with Crippen LogP contribution >= 0.6 is 27.3 Å². The zero-order valence-corrected chi connectivity index (χ0v) is 26.2. The zero-order valence-electron chi connectivity index (χ0n) is 23.8. The van der Waals surface area contributed by atoms with Crippen LogP contribution in [-0.2, 0) is 4.79 Å². The fourth-order valence-electron chi connectivity index (χ4n) is 3.98. The number of halogens is 1. The monoisotopic (exact) mass is 669 g/mol. The van der Waals surface area contributed by atoms with Gasteiger partial charge in [-0.25, -0.2) is 10.4 Å². The molecule has 5 aromatic rings. The van der Waals surface area contributed by atoms with E-state index in [4.69, 9.17) is 9.47 Å². The summed E-state index contributed by atoms with van der Waals surface area (Å²) in [4.78, 5) is 29.5. The maximum atomic E-state index is 12.6. The molecule has 2 amide bonds. The Kier molecular flexibility index (Phi) is 10.0. The lowest BCUT2D eigenvalue weighted by atomic mass is 10.1. The largest absolute Gasteiger partial charge is 0.497 e. The number of nitrogens with zero attached hydrogens (tertiary/aromatic N) is 2. The number of amides is 2. The van der Waals surface area contributed by atoms with Crippen LogP contribution in [0.4, 0.5) is 16.5 Å². The highest BCUT2D eigenvalue weighted by atomic mass is 79.9. The second-order valence-electron chi connectivity index (χ2n) is 9.56. The van der Waals surface area contributed by atoms with E-state index in [1.807, 2.05) is 48.7 Å². The molecule has 44 heavy (non-hydrogen) atoms. The van der Waals surface area contributed by atoms with Gasteiger partial charge in [-0.15, -0.1) is 11.3 Å². The van der Waals surface area contributed by atoms with E-state index in [0.717, 1.165) is 27.6 Å². The number of nitrogens with one attached hydrogen (secondary N) is 3. The number of ether oxygens (including phenoxy) is 2. The van der Waals surface area contributed by atoms with Crippen molar-refractivity contribution in [1.82, 2.24) is 10.4 Å². The summed E-state index contributed by atoms with van der Waals surface area (Å²) in [6.45, 7) is 1.88. The number of hydrogen-bond donors (Lipinski definition) is 3. The highest BCUT2D eigenvalue weighted by Crippen LogP contribution is 2.28. The summed E-state index contributed by atoms with van der Waals surface area (Å²) in [5, 5.41) is 12.9. The topological polar surface area (TPSA) is 114 Å². The molecule has 9 nitrogen and oxygen atoms in total. The fraction of sp³-hybridized carbons (Fsp3) is 0.0909. The van der Waals surface area contributed by atoms with Crippen molar-refractivity contribution in [3.63, 3.8) is 0 Å². The van der Waals surface area contributed by atoms with Crippen LogP contribution in [0.15, 0.2) is 106 Å². The SMILES string of the molecule is COc1ccc(NC(=O)COc2ccc(/C=N/NC(=O)c3ccc(-c4csc(Nc5ccc(C)cc5)n4)cc3)cc2Br)cc1. The Morgan fingerprint density at radius 3 is 2.39 bits per heavy atom. The number of hydrazone groups is 1. The Balaban J connectivity index is 1.10. The Labute approximate surface area is 267 Å². The Morgan fingerprint density at radius 2 is 1.68 bits per heavy atom. The van der Waals surface area contributed by atoms with Gasteiger partial charge in [0.1, 0.15) is 11.5 Å². The first kappa shape index (κ1) is 30.5. The molecule has 0 radical (unpaired) electrons. The minimum absolute atomic E-state index is 0.166. The smallest absolute Gasteiger partial charge is 0.271 e. The highest BCUT2D eigenvalue weighted by Gasteiger charge is 2.10. The number of anilines is 3. The molecule has 0 aliphatic heterocycles. The predicted octanol–water partition coefficient (Wildman–Crippen LogP) is 7.41. The van der Waals surface area contributed by atoms with Crippen LogP contribution in [0, 0.1) is 6.92 Å². The molecule has 0 fully saturated rings. The number of carbonyl (C=O) groups excluding carboxylic acids is 2. The van der Waals surface area contributed by atoms with Crippen LogP contribution in [0.5, 0.6) is 11.5 Å². The number of thiazole rings is 1. The van der Waals surface area contributed by atoms with Crippen LogP contribution in [0.3, 0.4) is 0 Å². The van der Waals surface area contributed by atoms with E-state index in [9.17, 15) is 9.59 Å². The van der Waals surface area contributed by atoms with Crippen molar-refractivity contribution in [3.05, 3.63) is 118 Å². The van der Waals surface area contributed by atoms with Crippen molar-refractivity contribution in [3.8, 4) is 22.8 Å². The molecule has 222 valence electrons. The number of methoxy groups -OCH3 is 1. The molecule has 1 heterocycles. The summed E-state index contributed by atoms with van der Waals surface area (Å²) < 4.78 is 11.4. The summed E-state index contributed by atoms with van der Waals surface area (Å²) in [6.07, 6.45) is 1.52. The average molecular weight is 671 g/mol. The van der Waals surface area contributed by atoms with Gasteiger partial charge in [-0.1, -0.05) is 29.8 Å². The molecule has 0 atom stereocenters. The lowest BCUT2D eigenvalue weighted by Crippen LogP contribution is -2.20. The van der Waals surface area contributed by atoms with Crippen molar-refractivity contribution in [1.29, 1.82) is 0 Å². The minimum atomic E-state index is -0.338. The van der Waals surface area contributed by atoms with E-state index in [0.29, 0.717) is 27.2 Å². The van der Waals surface area contributed by atoms with Crippen LogP contribution < -0.4 is 25.5 Å². The van der Waals surface area contributed by atoms with E-state index in [1.165, 1.54) is 23.1 Å². The van der Waals surface area contributed by atoms with Crippen LogP contribution in [0.1, 0.15) is 21.5 Å². The summed E-state index contributed by atoms with van der Waals surface area (Å²) in [6, 6.07) is 27.6. The van der Waals surface area contributed by atoms with Crippen LogP contribution in [0.2, 0.25) is 0 Å². The maximum absolute atomic E-state index is 12.6. The molecule has 0 aliphatic rings. The molecular weight excluding hydrogens is 642 g/mol. The molecule has 4 aromatic carbocycles. The number of benzene rings is 4. The number of aryl methyl sites for hydroxylation is 1. The van der Waals surface area contributed by atoms with E-state index in [1.54, 1.807) is 61.7 Å². The number of carbonyl (C=O) groups is 2. The molecule has 0 spiro atoms. The quantitative estimate of drug-likeness (QED) is 0.0997. The molecule has 0 saturated carbocycles. The number of rotatable bonds is 11. The normalized spacial score (nSPS) is 10.8. The van der Waals surface area contributed by atoms with Crippen molar-refractivity contribution in [2.24, 2.45) is 5.10 Å². The summed E-state index contributed by atoms with van der Waals surface area (Å²) >= 11 is 4.97. The zero-order chi connectivity index (χ0) is 30.9. The van der Waals surface area contributed by atoms with Crippen molar-refractivity contribution in [2.45, 2.75) is 6.92 Å². The van der Waals surface area contributed by atoms with Crippen LogP contribution in [-0.4, -0.2) is 36.7 Å². The van der Waals surface area contributed by atoms with Crippen molar-refractivity contribution in [2.75, 3.05) is 24.4 Å². The van der Waals surface area contributed by atoms with Crippen LogP contribution in [0.25, 0.3) is 11.3 Å². The van der Waals surface area contributed by atoms with E-state index in [-0.39, 0.29) is 18.4 Å². The molecule has 5 rings (SSSR count). The van der Waals surface area contributed by atoms with Gasteiger partial charge >= 0.3 is 0 Å². The third kappa shape index (κ3) is 8.30. The summed E-state index contributed by atoms with van der Waals surface area (Å²) in [7, 11) is 1.58. The second-order valence-corrected chi connectivity index (χ2v) is 11.3. The molecule has 1 aromatic heterocycles. The first-order chi connectivity index (χ1) is 21.4. The highest BCUT2D eigenvalue weighted by molar-refractivity contribution is 9.10. The number of aromatic nitrogens is 1. The molecule has 0 unspecified atom stereocenters. The van der Waals surface area contributed by atoms with Gasteiger partial charge in [-0.05, 0) is 95.1 Å². The summed E-state index contributed by atoms with van der Waals surface area (Å²) in [5.41, 5.74) is 8.29. The molecule has 3 N–H and O–H groups in total. The van der Waals surface area contributed by atoms with E-state index in [2.05, 4.69) is 42.1 Å². The molecule has 11 heteroatoms.